The highest BCUT2D eigenvalue weighted by molar-refractivity contribution is 7.09. The molecule has 0 saturated heterocycles. The lowest BCUT2D eigenvalue weighted by atomic mass is 10.0. The van der Waals surface area contributed by atoms with E-state index in [2.05, 4.69) is 22.8 Å². The van der Waals surface area contributed by atoms with Gasteiger partial charge in [-0.3, -0.25) is 9.59 Å². The lowest BCUT2D eigenvalue weighted by Gasteiger charge is -2.21. The second-order valence-corrected chi connectivity index (χ2v) is 8.30. The number of hydrogen-bond acceptors (Lipinski definition) is 3. The summed E-state index contributed by atoms with van der Waals surface area (Å²) in [5.41, 5.74) is 0.941. The van der Waals surface area contributed by atoms with Crippen LogP contribution in [0.1, 0.15) is 24.3 Å². The largest absolute Gasteiger partial charge is 0.354 e. The van der Waals surface area contributed by atoms with Gasteiger partial charge in [0.05, 0.1) is 6.42 Å². The first-order chi connectivity index (χ1) is 13.5. The summed E-state index contributed by atoms with van der Waals surface area (Å²) in [6.07, 6.45) is 1.07. The molecule has 0 fully saturated rings. The number of hydrogen-bond donors (Lipinski definition) is 2. The summed E-state index contributed by atoms with van der Waals surface area (Å²) in [6, 6.07) is 17.6. The third kappa shape index (κ3) is 5.42. The molecule has 2 amide bonds. The summed E-state index contributed by atoms with van der Waals surface area (Å²) in [4.78, 5) is 26.3. The Bertz CT molecular complexity index is 935. The minimum atomic E-state index is -0.531. The standard InChI is InChI=1S/C23H26N2O2S/c1-16(2)22(23(27)24-12-11-20-8-5-13-28-20)25-21(26)15-17-9-10-18-6-3-4-7-19(18)14-17/h3-10,13-14,16,22H,11-12,15H2,1-2H3,(H,24,27)(H,25,26). The topological polar surface area (TPSA) is 58.2 Å². The highest BCUT2D eigenvalue weighted by Gasteiger charge is 2.23. The van der Waals surface area contributed by atoms with Crippen LogP contribution in [-0.2, 0) is 22.4 Å². The van der Waals surface area contributed by atoms with Crippen molar-refractivity contribution in [2.45, 2.75) is 32.7 Å². The Labute approximate surface area is 170 Å². The molecular formula is C23H26N2O2S. The van der Waals surface area contributed by atoms with Crippen molar-refractivity contribution in [1.29, 1.82) is 0 Å². The minimum Gasteiger partial charge on any atom is -0.354 e. The Kier molecular flexibility index (Phi) is 6.82. The summed E-state index contributed by atoms with van der Waals surface area (Å²) in [6.45, 7) is 4.46. The molecule has 1 unspecified atom stereocenters. The zero-order valence-corrected chi connectivity index (χ0v) is 17.1. The van der Waals surface area contributed by atoms with Crippen molar-refractivity contribution in [3.8, 4) is 0 Å². The first kappa shape index (κ1) is 20.1. The Morgan fingerprint density at radius 1 is 1.00 bits per heavy atom. The number of carbonyl (C=O) groups excluding carboxylic acids is 2. The number of amides is 2. The van der Waals surface area contributed by atoms with Crippen LogP contribution in [0.5, 0.6) is 0 Å². The second-order valence-electron chi connectivity index (χ2n) is 7.27. The van der Waals surface area contributed by atoms with E-state index in [9.17, 15) is 9.59 Å². The van der Waals surface area contributed by atoms with Gasteiger partial charge in [-0.1, -0.05) is 62.4 Å². The van der Waals surface area contributed by atoms with Gasteiger partial charge in [-0.25, -0.2) is 0 Å². The fourth-order valence-corrected chi connectivity index (χ4v) is 3.88. The van der Waals surface area contributed by atoms with Crippen LogP contribution >= 0.6 is 11.3 Å². The molecule has 0 aliphatic heterocycles. The molecule has 0 spiro atoms. The molecule has 2 aromatic carbocycles. The molecule has 3 aromatic rings. The van der Waals surface area contributed by atoms with Gasteiger partial charge in [0.15, 0.2) is 0 Å². The van der Waals surface area contributed by atoms with E-state index in [1.807, 2.05) is 61.7 Å². The van der Waals surface area contributed by atoms with Crippen molar-refractivity contribution in [2.75, 3.05) is 6.54 Å². The van der Waals surface area contributed by atoms with Gasteiger partial charge in [-0.2, -0.15) is 0 Å². The molecule has 3 rings (SSSR count). The Morgan fingerprint density at radius 2 is 1.79 bits per heavy atom. The molecule has 1 heterocycles. The van der Waals surface area contributed by atoms with Crippen LogP contribution in [0.3, 0.4) is 0 Å². The quantitative estimate of drug-likeness (QED) is 0.608. The van der Waals surface area contributed by atoms with Gasteiger partial charge in [0.25, 0.3) is 0 Å². The van der Waals surface area contributed by atoms with Crippen molar-refractivity contribution in [3.05, 3.63) is 70.4 Å². The molecular weight excluding hydrogens is 368 g/mol. The normalized spacial score (nSPS) is 12.1. The summed E-state index contributed by atoms with van der Waals surface area (Å²) in [5.74, 6) is -0.247. The molecule has 0 bridgehead atoms. The number of benzene rings is 2. The third-order valence-electron chi connectivity index (χ3n) is 4.69. The van der Waals surface area contributed by atoms with E-state index in [1.165, 1.54) is 4.88 Å². The lowest BCUT2D eigenvalue weighted by Crippen LogP contribution is -2.50. The van der Waals surface area contributed by atoms with Crippen molar-refractivity contribution in [1.82, 2.24) is 10.6 Å². The van der Waals surface area contributed by atoms with Crippen LogP contribution in [0, 0.1) is 5.92 Å². The SMILES string of the molecule is CC(C)C(NC(=O)Cc1ccc2ccccc2c1)C(=O)NCCc1cccs1. The van der Waals surface area contributed by atoms with Crippen LogP contribution in [0.25, 0.3) is 10.8 Å². The number of carbonyl (C=O) groups is 2. The van der Waals surface area contributed by atoms with Crippen LogP contribution in [-0.4, -0.2) is 24.4 Å². The van der Waals surface area contributed by atoms with E-state index in [4.69, 9.17) is 0 Å². The van der Waals surface area contributed by atoms with Gasteiger partial charge >= 0.3 is 0 Å². The molecule has 0 radical (unpaired) electrons. The van der Waals surface area contributed by atoms with Crippen LogP contribution in [0.2, 0.25) is 0 Å². The second kappa shape index (κ2) is 9.51. The third-order valence-corrected chi connectivity index (χ3v) is 5.63. The van der Waals surface area contributed by atoms with Crippen LogP contribution < -0.4 is 10.6 Å². The number of thiophene rings is 1. The maximum Gasteiger partial charge on any atom is 0.242 e. The summed E-state index contributed by atoms with van der Waals surface area (Å²) < 4.78 is 0. The molecule has 146 valence electrons. The lowest BCUT2D eigenvalue weighted by molar-refractivity contribution is -0.129. The predicted molar refractivity (Wildman–Crippen MR) is 115 cm³/mol. The van der Waals surface area contributed by atoms with Crippen molar-refractivity contribution < 1.29 is 9.59 Å². The Balaban J connectivity index is 1.56. The highest BCUT2D eigenvalue weighted by Crippen LogP contribution is 2.16. The first-order valence-electron chi connectivity index (χ1n) is 9.60. The van der Waals surface area contributed by atoms with Crippen LogP contribution in [0.4, 0.5) is 0 Å². The van der Waals surface area contributed by atoms with Crippen molar-refractivity contribution >= 4 is 33.9 Å². The fraction of sp³-hybridized carbons (Fsp3) is 0.304. The van der Waals surface area contributed by atoms with E-state index < -0.39 is 6.04 Å². The number of rotatable bonds is 8. The van der Waals surface area contributed by atoms with Crippen LogP contribution in [0.15, 0.2) is 60.0 Å². The van der Waals surface area contributed by atoms with Gasteiger partial charge in [-0.05, 0) is 40.1 Å². The summed E-state index contributed by atoms with van der Waals surface area (Å²) in [7, 11) is 0. The van der Waals surface area contributed by atoms with Gasteiger partial charge in [0, 0.05) is 11.4 Å². The van der Waals surface area contributed by atoms with E-state index >= 15 is 0 Å². The van der Waals surface area contributed by atoms with Gasteiger partial charge < -0.3 is 10.6 Å². The maximum absolute atomic E-state index is 12.6. The van der Waals surface area contributed by atoms with Crippen molar-refractivity contribution in [3.63, 3.8) is 0 Å². The zero-order chi connectivity index (χ0) is 19.9. The highest BCUT2D eigenvalue weighted by atomic mass is 32.1. The molecule has 1 atom stereocenters. The Morgan fingerprint density at radius 3 is 2.50 bits per heavy atom. The summed E-state index contributed by atoms with van der Waals surface area (Å²) in [5, 5.41) is 10.1. The molecule has 4 nitrogen and oxygen atoms in total. The maximum atomic E-state index is 12.6. The zero-order valence-electron chi connectivity index (χ0n) is 16.3. The molecule has 5 heteroatoms. The molecule has 28 heavy (non-hydrogen) atoms. The monoisotopic (exact) mass is 394 g/mol. The van der Waals surface area contributed by atoms with E-state index in [1.54, 1.807) is 11.3 Å². The average Bonchev–Trinajstić information content (AvgIpc) is 3.19. The number of fused-ring (bicyclic) bond motifs is 1. The fourth-order valence-electron chi connectivity index (χ4n) is 3.17. The molecule has 0 saturated carbocycles. The van der Waals surface area contributed by atoms with Gasteiger partial charge in [-0.15, -0.1) is 11.3 Å². The van der Waals surface area contributed by atoms with E-state index in [0.717, 1.165) is 22.8 Å². The summed E-state index contributed by atoms with van der Waals surface area (Å²) >= 11 is 1.68. The number of nitrogens with one attached hydrogen (secondary N) is 2. The minimum absolute atomic E-state index is 0.0160. The van der Waals surface area contributed by atoms with E-state index in [0.29, 0.717) is 6.54 Å². The molecule has 2 N–H and O–H groups in total. The molecule has 0 aliphatic rings. The van der Waals surface area contributed by atoms with Gasteiger partial charge in [0.2, 0.25) is 11.8 Å². The predicted octanol–water partition coefficient (Wildman–Crippen LogP) is 3.94. The first-order valence-corrected chi connectivity index (χ1v) is 10.5. The smallest absolute Gasteiger partial charge is 0.242 e. The molecule has 0 aliphatic carbocycles. The average molecular weight is 395 g/mol. The van der Waals surface area contributed by atoms with Gasteiger partial charge in [0.1, 0.15) is 6.04 Å². The Hall–Kier alpha value is -2.66. The van der Waals surface area contributed by atoms with Crippen molar-refractivity contribution in [2.24, 2.45) is 5.92 Å². The van der Waals surface area contributed by atoms with E-state index in [-0.39, 0.29) is 24.2 Å². The molecule has 1 aromatic heterocycles.